The molecular formula is C64H44N2. The lowest BCUT2D eigenvalue weighted by Gasteiger charge is -2.26. The summed E-state index contributed by atoms with van der Waals surface area (Å²) < 4.78 is 2.42. The molecule has 310 valence electrons. The van der Waals surface area contributed by atoms with E-state index >= 15 is 0 Å². The van der Waals surface area contributed by atoms with Crippen molar-refractivity contribution in [2.75, 3.05) is 4.90 Å². The monoisotopic (exact) mass is 840 g/mol. The van der Waals surface area contributed by atoms with E-state index in [2.05, 4.69) is 276 Å². The Balaban J connectivity index is 0.982. The normalized spacial score (nSPS) is 11.3. The van der Waals surface area contributed by atoms with E-state index in [1.54, 1.807) is 0 Å². The first kappa shape index (κ1) is 38.9. The van der Waals surface area contributed by atoms with Crippen LogP contribution in [0.3, 0.4) is 0 Å². The fourth-order valence-corrected chi connectivity index (χ4v) is 9.79. The lowest BCUT2D eigenvalue weighted by Crippen LogP contribution is -2.10. The fourth-order valence-electron chi connectivity index (χ4n) is 9.79. The Hall–Kier alpha value is -8.72. The van der Waals surface area contributed by atoms with E-state index in [1.807, 2.05) is 0 Å². The van der Waals surface area contributed by atoms with Crippen LogP contribution in [0.5, 0.6) is 0 Å². The number of aromatic nitrogens is 1. The molecule has 0 bridgehead atoms. The molecule has 0 fully saturated rings. The van der Waals surface area contributed by atoms with Gasteiger partial charge in [-0.15, -0.1) is 0 Å². The molecule has 0 saturated heterocycles. The first-order chi connectivity index (χ1) is 32.7. The average molecular weight is 841 g/mol. The molecule has 0 aliphatic carbocycles. The van der Waals surface area contributed by atoms with Crippen LogP contribution in [0.25, 0.3) is 93.9 Å². The van der Waals surface area contributed by atoms with E-state index < -0.39 is 0 Å². The predicted molar refractivity (Wildman–Crippen MR) is 280 cm³/mol. The molecular weight excluding hydrogens is 797 g/mol. The lowest BCUT2D eigenvalue weighted by molar-refractivity contribution is 1.18. The first-order valence-electron chi connectivity index (χ1n) is 22.7. The van der Waals surface area contributed by atoms with E-state index in [4.69, 9.17) is 0 Å². The number of fused-ring (bicyclic) bond motifs is 4. The van der Waals surface area contributed by atoms with Crippen LogP contribution in [-0.4, -0.2) is 4.57 Å². The summed E-state index contributed by atoms with van der Waals surface area (Å²) in [6, 6.07) is 96.8. The van der Waals surface area contributed by atoms with Crippen LogP contribution >= 0.6 is 0 Å². The highest BCUT2D eigenvalue weighted by atomic mass is 15.1. The lowest BCUT2D eigenvalue weighted by atomic mass is 9.97. The van der Waals surface area contributed by atoms with Gasteiger partial charge in [-0.05, 0) is 127 Å². The third-order valence-corrected chi connectivity index (χ3v) is 13.0. The quantitative estimate of drug-likeness (QED) is 0.141. The summed E-state index contributed by atoms with van der Waals surface area (Å²) in [7, 11) is 0. The summed E-state index contributed by atoms with van der Waals surface area (Å²) >= 11 is 0. The Morgan fingerprint density at radius 1 is 0.258 bits per heavy atom. The molecule has 12 rings (SSSR count). The van der Waals surface area contributed by atoms with Gasteiger partial charge in [-0.3, -0.25) is 0 Å². The molecule has 0 unspecified atom stereocenters. The van der Waals surface area contributed by atoms with Crippen LogP contribution in [0.15, 0.2) is 267 Å². The fraction of sp³-hybridized carbons (Fsp3) is 0. The van der Waals surface area contributed by atoms with E-state index in [1.165, 1.54) is 82.6 Å². The van der Waals surface area contributed by atoms with Crippen molar-refractivity contribution in [2.24, 2.45) is 0 Å². The van der Waals surface area contributed by atoms with Gasteiger partial charge in [0.2, 0.25) is 0 Å². The van der Waals surface area contributed by atoms with Crippen molar-refractivity contribution in [1.29, 1.82) is 0 Å². The van der Waals surface area contributed by atoms with Gasteiger partial charge in [0.25, 0.3) is 0 Å². The first-order valence-corrected chi connectivity index (χ1v) is 22.7. The Kier molecular flexibility index (Phi) is 9.89. The van der Waals surface area contributed by atoms with Gasteiger partial charge in [0, 0.05) is 33.5 Å². The molecule has 0 amide bonds. The molecule has 1 aromatic heterocycles. The van der Waals surface area contributed by atoms with E-state index in [9.17, 15) is 0 Å². The molecule has 66 heavy (non-hydrogen) atoms. The maximum absolute atomic E-state index is 2.42. The van der Waals surface area contributed by atoms with E-state index in [0.717, 1.165) is 28.3 Å². The Labute approximate surface area is 385 Å². The minimum atomic E-state index is 1.08. The molecule has 12 aromatic rings. The molecule has 0 radical (unpaired) electrons. The van der Waals surface area contributed by atoms with E-state index in [0.29, 0.717) is 0 Å². The minimum absolute atomic E-state index is 1.08. The van der Waals surface area contributed by atoms with Crippen molar-refractivity contribution in [3.8, 4) is 61.3 Å². The van der Waals surface area contributed by atoms with Gasteiger partial charge >= 0.3 is 0 Å². The molecule has 0 N–H and O–H groups in total. The Morgan fingerprint density at radius 2 is 0.742 bits per heavy atom. The number of nitrogens with zero attached hydrogens (tertiary/aromatic N) is 2. The van der Waals surface area contributed by atoms with Crippen molar-refractivity contribution in [3.05, 3.63) is 267 Å². The molecule has 0 saturated carbocycles. The van der Waals surface area contributed by atoms with Gasteiger partial charge in [-0.2, -0.15) is 0 Å². The van der Waals surface area contributed by atoms with Crippen LogP contribution in [-0.2, 0) is 0 Å². The third-order valence-electron chi connectivity index (χ3n) is 13.0. The minimum Gasteiger partial charge on any atom is -0.310 e. The topological polar surface area (TPSA) is 8.17 Å². The zero-order valence-electron chi connectivity index (χ0n) is 36.3. The van der Waals surface area contributed by atoms with Gasteiger partial charge < -0.3 is 9.47 Å². The van der Waals surface area contributed by atoms with Gasteiger partial charge in [0.15, 0.2) is 0 Å². The number of rotatable bonds is 9. The molecule has 0 atom stereocenters. The molecule has 0 spiro atoms. The predicted octanol–water partition coefficient (Wildman–Crippen LogP) is 17.7. The average Bonchev–Trinajstić information content (AvgIpc) is 3.74. The Bertz CT molecular complexity index is 3640. The maximum Gasteiger partial charge on any atom is 0.0547 e. The smallest absolute Gasteiger partial charge is 0.0547 e. The highest BCUT2D eigenvalue weighted by Crippen LogP contribution is 2.43. The van der Waals surface area contributed by atoms with Crippen molar-refractivity contribution < 1.29 is 0 Å². The van der Waals surface area contributed by atoms with Crippen molar-refractivity contribution in [2.45, 2.75) is 0 Å². The molecule has 11 aromatic carbocycles. The second-order valence-corrected chi connectivity index (χ2v) is 16.9. The van der Waals surface area contributed by atoms with Gasteiger partial charge in [-0.25, -0.2) is 0 Å². The molecule has 1 heterocycles. The van der Waals surface area contributed by atoms with Crippen molar-refractivity contribution in [3.63, 3.8) is 0 Å². The highest BCUT2D eigenvalue weighted by molar-refractivity contribution is 6.16. The summed E-state index contributed by atoms with van der Waals surface area (Å²) in [6.07, 6.45) is 0. The van der Waals surface area contributed by atoms with Crippen LogP contribution in [0, 0.1) is 0 Å². The molecule has 0 aliphatic heterocycles. The summed E-state index contributed by atoms with van der Waals surface area (Å²) in [5, 5.41) is 4.96. The van der Waals surface area contributed by atoms with Crippen LogP contribution in [0.1, 0.15) is 0 Å². The second-order valence-electron chi connectivity index (χ2n) is 16.9. The maximum atomic E-state index is 2.42. The van der Waals surface area contributed by atoms with Gasteiger partial charge in [0.05, 0.1) is 11.0 Å². The number of benzene rings is 11. The number of hydrogen-bond acceptors (Lipinski definition) is 1. The van der Waals surface area contributed by atoms with Crippen LogP contribution in [0.4, 0.5) is 17.1 Å². The highest BCUT2D eigenvalue weighted by Gasteiger charge is 2.19. The third kappa shape index (κ3) is 7.12. The molecule has 0 aliphatic rings. The number of hydrogen-bond donors (Lipinski definition) is 0. The second kappa shape index (κ2) is 16.8. The van der Waals surface area contributed by atoms with E-state index in [-0.39, 0.29) is 0 Å². The summed E-state index contributed by atoms with van der Waals surface area (Å²) in [5.41, 5.74) is 18.7. The van der Waals surface area contributed by atoms with Crippen molar-refractivity contribution >= 4 is 49.6 Å². The SMILES string of the molecule is c1ccc(-c2ccc(-c3ccc(N(c4ccc(-c5cccc6ccccc56)cc4)c4cccc(-c5cccc6c5c5ccc(-c7ccccc7)cc5n6-c5ccccc5)c4)cc3)cc2)cc1. The van der Waals surface area contributed by atoms with Crippen LogP contribution in [0.2, 0.25) is 0 Å². The van der Waals surface area contributed by atoms with Crippen LogP contribution < -0.4 is 4.90 Å². The summed E-state index contributed by atoms with van der Waals surface area (Å²) in [4.78, 5) is 2.39. The molecule has 2 heteroatoms. The standard InChI is InChI=1S/C64H44N2/c1-4-15-45(16-5-1)47-29-31-48(32-30-47)49-33-38-55(39-34-49)65(56-40-35-51(36-41-56)59-26-13-20-50-19-10-11-25-58(50)59)57-24-12-21-53(43-57)60-27-14-28-62-64(60)61-42-37-52(46-17-6-2-7-18-46)44-63(61)66(62)54-22-8-3-9-23-54/h1-44H. The largest absolute Gasteiger partial charge is 0.310 e. The van der Waals surface area contributed by atoms with Gasteiger partial charge in [-0.1, -0.05) is 206 Å². The van der Waals surface area contributed by atoms with Crippen molar-refractivity contribution in [1.82, 2.24) is 4.57 Å². The number of para-hydroxylation sites is 1. The van der Waals surface area contributed by atoms with Gasteiger partial charge in [0.1, 0.15) is 0 Å². The molecule has 2 nitrogen and oxygen atoms in total. The summed E-state index contributed by atoms with van der Waals surface area (Å²) in [5.74, 6) is 0. The number of anilines is 3. The Morgan fingerprint density at radius 3 is 1.42 bits per heavy atom. The zero-order valence-corrected chi connectivity index (χ0v) is 36.3. The zero-order chi connectivity index (χ0) is 43.8. The summed E-state index contributed by atoms with van der Waals surface area (Å²) in [6.45, 7) is 0.